The molecular formula is C14H23N3O2S. The topological polar surface area (TPSA) is 66.6 Å². The second-order valence-corrected chi connectivity index (χ2v) is 7.69. The van der Waals surface area contributed by atoms with E-state index in [0.29, 0.717) is 11.7 Å². The summed E-state index contributed by atoms with van der Waals surface area (Å²) < 4.78 is 23.0. The Morgan fingerprint density at radius 3 is 2.30 bits per heavy atom. The molecule has 1 aliphatic rings. The average molecular weight is 297 g/mol. The average Bonchev–Trinajstić information content (AvgIpc) is 2.37. The number of hydrogen-bond acceptors (Lipinski definition) is 5. The summed E-state index contributed by atoms with van der Waals surface area (Å²) in [5.74, 6) is 0. The minimum Gasteiger partial charge on any atom is -0.397 e. The highest BCUT2D eigenvalue weighted by Gasteiger charge is 2.22. The van der Waals surface area contributed by atoms with E-state index in [0.717, 1.165) is 31.6 Å². The Balaban J connectivity index is 2.15. The fraction of sp³-hybridized carbons (Fsp3) is 0.571. The fourth-order valence-electron chi connectivity index (χ4n) is 2.67. The molecule has 0 spiro atoms. The molecule has 0 bridgehead atoms. The molecule has 20 heavy (non-hydrogen) atoms. The van der Waals surface area contributed by atoms with Crippen molar-refractivity contribution in [3.63, 3.8) is 0 Å². The molecule has 1 aromatic carbocycles. The summed E-state index contributed by atoms with van der Waals surface area (Å²) in [7, 11) is 1.02. The molecule has 0 radical (unpaired) electrons. The Morgan fingerprint density at radius 2 is 1.85 bits per heavy atom. The maximum Gasteiger partial charge on any atom is 0.175 e. The van der Waals surface area contributed by atoms with Gasteiger partial charge in [-0.1, -0.05) is 0 Å². The first-order valence-corrected chi connectivity index (χ1v) is 8.69. The molecular weight excluding hydrogens is 274 g/mol. The van der Waals surface area contributed by atoms with Gasteiger partial charge in [0.15, 0.2) is 9.84 Å². The predicted octanol–water partition coefficient (Wildman–Crippen LogP) is 1.20. The van der Waals surface area contributed by atoms with E-state index in [-0.39, 0.29) is 4.90 Å². The van der Waals surface area contributed by atoms with Gasteiger partial charge in [0.25, 0.3) is 0 Å². The number of piperidine rings is 1. The quantitative estimate of drug-likeness (QED) is 0.849. The molecule has 1 aromatic rings. The zero-order valence-corrected chi connectivity index (χ0v) is 13.2. The highest BCUT2D eigenvalue weighted by molar-refractivity contribution is 7.90. The van der Waals surface area contributed by atoms with Gasteiger partial charge in [-0.2, -0.15) is 0 Å². The second kappa shape index (κ2) is 5.61. The van der Waals surface area contributed by atoms with E-state index in [1.165, 1.54) is 6.26 Å². The molecule has 2 rings (SSSR count). The van der Waals surface area contributed by atoms with Crippen molar-refractivity contribution in [2.24, 2.45) is 0 Å². The number of rotatable bonds is 3. The number of benzene rings is 1. The van der Waals surface area contributed by atoms with Crippen molar-refractivity contribution in [1.82, 2.24) is 4.90 Å². The third-order valence-electron chi connectivity index (χ3n) is 3.96. The first-order chi connectivity index (χ1) is 9.29. The van der Waals surface area contributed by atoms with Crippen molar-refractivity contribution in [2.45, 2.75) is 23.8 Å². The molecule has 5 nitrogen and oxygen atoms in total. The lowest BCUT2D eigenvalue weighted by atomic mass is 10.0. The largest absolute Gasteiger partial charge is 0.397 e. The molecule has 6 heteroatoms. The second-order valence-electron chi connectivity index (χ2n) is 5.67. The summed E-state index contributed by atoms with van der Waals surface area (Å²) in [5.41, 5.74) is 7.50. The van der Waals surface area contributed by atoms with Crippen molar-refractivity contribution >= 4 is 21.2 Å². The van der Waals surface area contributed by atoms with Gasteiger partial charge < -0.3 is 15.5 Å². The minimum absolute atomic E-state index is 0.280. The van der Waals surface area contributed by atoms with Crippen LogP contribution in [0.3, 0.4) is 0 Å². The molecule has 112 valence electrons. The summed E-state index contributed by atoms with van der Waals surface area (Å²) in [6.45, 7) is 1.90. The van der Waals surface area contributed by atoms with E-state index < -0.39 is 9.84 Å². The van der Waals surface area contributed by atoms with Crippen LogP contribution in [0.2, 0.25) is 0 Å². The van der Waals surface area contributed by atoms with Crippen LogP contribution in [0.5, 0.6) is 0 Å². The van der Waals surface area contributed by atoms with Gasteiger partial charge in [0.1, 0.15) is 0 Å². The van der Waals surface area contributed by atoms with Crippen molar-refractivity contribution in [3.05, 3.63) is 18.2 Å². The molecule has 1 saturated heterocycles. The third kappa shape index (κ3) is 3.24. The Hall–Kier alpha value is -1.27. The van der Waals surface area contributed by atoms with Crippen LogP contribution in [0, 0.1) is 0 Å². The smallest absolute Gasteiger partial charge is 0.175 e. The van der Waals surface area contributed by atoms with Gasteiger partial charge in [0.2, 0.25) is 0 Å². The van der Waals surface area contributed by atoms with Crippen LogP contribution in [0.15, 0.2) is 23.1 Å². The Kier molecular flexibility index (Phi) is 4.25. The van der Waals surface area contributed by atoms with Crippen LogP contribution in [0.25, 0.3) is 0 Å². The maximum absolute atomic E-state index is 11.5. The summed E-state index contributed by atoms with van der Waals surface area (Å²) >= 11 is 0. The van der Waals surface area contributed by atoms with Crippen molar-refractivity contribution in [3.8, 4) is 0 Å². The third-order valence-corrected chi connectivity index (χ3v) is 5.07. The van der Waals surface area contributed by atoms with Crippen LogP contribution in [0.4, 0.5) is 11.4 Å². The number of nitrogens with zero attached hydrogens (tertiary/aromatic N) is 2. The predicted molar refractivity (Wildman–Crippen MR) is 82.9 cm³/mol. The normalized spacial score (nSPS) is 17.7. The van der Waals surface area contributed by atoms with Crippen LogP contribution in [0.1, 0.15) is 12.8 Å². The summed E-state index contributed by atoms with van der Waals surface area (Å²) in [4.78, 5) is 4.77. The monoisotopic (exact) mass is 297 g/mol. The zero-order valence-electron chi connectivity index (χ0n) is 12.3. The summed E-state index contributed by atoms with van der Waals surface area (Å²) in [6, 6.07) is 5.63. The minimum atomic E-state index is -3.20. The number of hydrogen-bond donors (Lipinski definition) is 1. The zero-order chi connectivity index (χ0) is 14.9. The van der Waals surface area contributed by atoms with Crippen molar-refractivity contribution in [1.29, 1.82) is 0 Å². The van der Waals surface area contributed by atoms with Gasteiger partial charge in [-0.3, -0.25) is 0 Å². The molecule has 0 atom stereocenters. The Morgan fingerprint density at radius 1 is 1.25 bits per heavy atom. The molecule has 0 aromatic heterocycles. The molecule has 0 saturated carbocycles. The molecule has 0 unspecified atom stereocenters. The van der Waals surface area contributed by atoms with Crippen LogP contribution < -0.4 is 10.6 Å². The summed E-state index contributed by atoms with van der Waals surface area (Å²) in [5, 5.41) is 0. The van der Waals surface area contributed by atoms with Crippen LogP contribution in [-0.2, 0) is 9.84 Å². The number of nitrogens with two attached hydrogens (primary N) is 1. The highest BCUT2D eigenvalue weighted by Crippen LogP contribution is 2.29. The molecule has 1 aliphatic heterocycles. The Bertz CT molecular complexity index is 576. The SMILES string of the molecule is CN(C)C1CCN(c2ccc(S(C)(=O)=O)cc2N)CC1. The maximum atomic E-state index is 11.5. The molecule has 1 fully saturated rings. The van der Waals surface area contributed by atoms with E-state index in [9.17, 15) is 8.42 Å². The van der Waals surface area contributed by atoms with Gasteiger partial charge >= 0.3 is 0 Å². The molecule has 2 N–H and O–H groups in total. The Labute approximate surface area is 121 Å². The van der Waals surface area contributed by atoms with E-state index in [2.05, 4.69) is 23.9 Å². The van der Waals surface area contributed by atoms with Crippen molar-refractivity contribution in [2.75, 3.05) is 44.1 Å². The van der Waals surface area contributed by atoms with Gasteiger partial charge in [0, 0.05) is 25.4 Å². The van der Waals surface area contributed by atoms with Gasteiger partial charge in [-0.05, 0) is 45.1 Å². The first kappa shape index (κ1) is 15.1. The number of nitrogen functional groups attached to an aromatic ring is 1. The summed E-state index contributed by atoms with van der Waals surface area (Å²) in [6.07, 6.45) is 3.39. The van der Waals surface area contributed by atoms with Gasteiger partial charge in [-0.25, -0.2) is 8.42 Å². The lowest BCUT2D eigenvalue weighted by Crippen LogP contribution is -2.42. The lowest BCUT2D eigenvalue weighted by Gasteiger charge is -2.37. The lowest BCUT2D eigenvalue weighted by molar-refractivity contribution is 0.250. The highest BCUT2D eigenvalue weighted by atomic mass is 32.2. The molecule has 1 heterocycles. The van der Waals surface area contributed by atoms with Crippen LogP contribution in [-0.4, -0.2) is 52.8 Å². The molecule has 0 aliphatic carbocycles. The van der Waals surface area contributed by atoms with E-state index >= 15 is 0 Å². The molecule has 0 amide bonds. The fourth-order valence-corrected chi connectivity index (χ4v) is 3.33. The van der Waals surface area contributed by atoms with Crippen molar-refractivity contribution < 1.29 is 8.42 Å². The number of sulfone groups is 1. The van der Waals surface area contributed by atoms with E-state index in [1.807, 2.05) is 6.07 Å². The van der Waals surface area contributed by atoms with Crippen LogP contribution >= 0.6 is 0 Å². The number of anilines is 2. The van der Waals surface area contributed by atoms with E-state index in [4.69, 9.17) is 5.73 Å². The van der Waals surface area contributed by atoms with E-state index in [1.54, 1.807) is 12.1 Å². The standard InChI is InChI=1S/C14H23N3O2S/c1-16(2)11-6-8-17(9-7-11)14-5-4-12(10-13(14)15)20(3,18)19/h4-5,10-11H,6-9,15H2,1-3H3. The van der Waals surface area contributed by atoms with Gasteiger partial charge in [0.05, 0.1) is 16.3 Å². The first-order valence-electron chi connectivity index (χ1n) is 6.80. The van der Waals surface area contributed by atoms with Gasteiger partial charge in [-0.15, -0.1) is 0 Å².